The number of aliphatic hydroxyl groups excluding tert-OH is 1. The number of hydrogen-bond acceptors (Lipinski definition) is 3. The van der Waals surface area contributed by atoms with Crippen molar-refractivity contribution in [2.45, 2.75) is 33.4 Å². The zero-order valence-electron chi connectivity index (χ0n) is 9.12. The molecule has 80 valence electrons. The van der Waals surface area contributed by atoms with E-state index in [1.54, 1.807) is 0 Å². The van der Waals surface area contributed by atoms with Crippen molar-refractivity contribution in [2.24, 2.45) is 0 Å². The number of aromatic nitrogens is 2. The number of nitrogens with zero attached hydrogens (tertiary/aromatic N) is 2. The molecule has 2 N–H and O–H groups in total. The summed E-state index contributed by atoms with van der Waals surface area (Å²) in [6, 6.07) is 0.404. The van der Waals surface area contributed by atoms with Gasteiger partial charge in [0.05, 0.1) is 12.8 Å². The van der Waals surface area contributed by atoms with Gasteiger partial charge in [-0.05, 0) is 20.8 Å². The molecule has 0 unspecified atom stereocenters. The van der Waals surface area contributed by atoms with Gasteiger partial charge in [-0.25, -0.2) is 0 Å². The molecule has 0 aliphatic heterocycles. The van der Waals surface area contributed by atoms with Crippen LogP contribution in [-0.2, 0) is 6.54 Å². The van der Waals surface area contributed by atoms with E-state index in [2.05, 4.69) is 31.2 Å². The molecule has 1 rings (SSSR count). The van der Waals surface area contributed by atoms with Gasteiger partial charge in [0.1, 0.15) is 0 Å². The Kier molecular flexibility index (Phi) is 4.10. The Morgan fingerprint density at radius 1 is 1.57 bits per heavy atom. The van der Waals surface area contributed by atoms with E-state index in [4.69, 9.17) is 5.11 Å². The highest BCUT2D eigenvalue weighted by atomic mass is 16.3. The second-order valence-electron chi connectivity index (χ2n) is 3.69. The first-order valence-electron chi connectivity index (χ1n) is 5.01. The maximum absolute atomic E-state index is 8.62. The van der Waals surface area contributed by atoms with E-state index in [1.807, 2.05) is 10.9 Å². The number of hydrogen-bond donors (Lipinski definition) is 2. The van der Waals surface area contributed by atoms with Gasteiger partial charge >= 0.3 is 0 Å². The van der Waals surface area contributed by atoms with Crippen molar-refractivity contribution in [3.8, 4) is 0 Å². The molecule has 0 aliphatic rings. The lowest BCUT2D eigenvalue weighted by Gasteiger charge is -2.08. The molecule has 0 saturated heterocycles. The third kappa shape index (κ3) is 2.56. The third-order valence-corrected chi connectivity index (χ3v) is 2.24. The zero-order valence-corrected chi connectivity index (χ0v) is 9.12. The quantitative estimate of drug-likeness (QED) is 0.688. The molecule has 14 heavy (non-hydrogen) atoms. The second-order valence-corrected chi connectivity index (χ2v) is 3.69. The van der Waals surface area contributed by atoms with Gasteiger partial charge in [-0.1, -0.05) is 0 Å². The monoisotopic (exact) mass is 197 g/mol. The van der Waals surface area contributed by atoms with Crippen LogP contribution in [0.5, 0.6) is 0 Å². The Morgan fingerprint density at radius 2 is 2.29 bits per heavy atom. The molecule has 0 bridgehead atoms. The first-order chi connectivity index (χ1) is 6.66. The molecule has 0 spiro atoms. The summed E-state index contributed by atoms with van der Waals surface area (Å²) in [5.41, 5.74) is 2.40. The van der Waals surface area contributed by atoms with Crippen molar-refractivity contribution in [1.29, 1.82) is 0 Å². The van der Waals surface area contributed by atoms with E-state index in [0.29, 0.717) is 12.6 Å². The predicted molar refractivity (Wildman–Crippen MR) is 56.1 cm³/mol. The van der Waals surface area contributed by atoms with Crippen molar-refractivity contribution in [1.82, 2.24) is 15.1 Å². The van der Waals surface area contributed by atoms with Crippen LogP contribution in [0.1, 0.15) is 31.1 Å². The average Bonchev–Trinajstić information content (AvgIpc) is 2.48. The Hall–Kier alpha value is -0.870. The summed E-state index contributed by atoms with van der Waals surface area (Å²) in [6.45, 7) is 7.89. The van der Waals surface area contributed by atoms with E-state index in [9.17, 15) is 0 Å². The molecule has 0 amide bonds. The summed E-state index contributed by atoms with van der Waals surface area (Å²) in [6.07, 6.45) is 1.89. The summed E-state index contributed by atoms with van der Waals surface area (Å²) in [5, 5.41) is 16.1. The van der Waals surface area contributed by atoms with Gasteiger partial charge in [0.2, 0.25) is 0 Å². The molecular formula is C10H19N3O. The van der Waals surface area contributed by atoms with E-state index in [1.165, 1.54) is 11.3 Å². The van der Waals surface area contributed by atoms with Crippen LogP contribution in [0.4, 0.5) is 0 Å². The van der Waals surface area contributed by atoms with Crippen LogP contribution in [-0.4, -0.2) is 28.0 Å². The Balaban J connectivity index is 2.60. The zero-order chi connectivity index (χ0) is 10.6. The molecule has 4 nitrogen and oxygen atoms in total. The van der Waals surface area contributed by atoms with Gasteiger partial charge in [0.15, 0.2) is 0 Å². The molecule has 0 saturated carbocycles. The van der Waals surface area contributed by atoms with Gasteiger partial charge in [0.25, 0.3) is 0 Å². The van der Waals surface area contributed by atoms with Crippen molar-refractivity contribution in [2.75, 3.05) is 13.2 Å². The molecule has 0 atom stereocenters. The first kappa shape index (κ1) is 11.2. The molecule has 1 aromatic heterocycles. The maximum Gasteiger partial charge on any atom is 0.0556 e. The van der Waals surface area contributed by atoms with E-state index < -0.39 is 0 Å². The molecule has 0 radical (unpaired) electrons. The van der Waals surface area contributed by atoms with Crippen LogP contribution < -0.4 is 5.32 Å². The Morgan fingerprint density at radius 3 is 2.79 bits per heavy atom. The molecule has 0 aliphatic carbocycles. The summed E-state index contributed by atoms with van der Waals surface area (Å²) < 4.78 is 2.01. The minimum absolute atomic E-state index is 0.178. The standard InChI is InChI=1S/C10H19N3O/c1-8(2)13-9(3)10(7-12-13)6-11-4-5-14/h7-8,11,14H,4-6H2,1-3H3. The maximum atomic E-state index is 8.62. The van der Waals surface area contributed by atoms with Crippen LogP contribution in [0.25, 0.3) is 0 Å². The van der Waals surface area contributed by atoms with E-state index >= 15 is 0 Å². The van der Waals surface area contributed by atoms with Crippen LogP contribution in [0.3, 0.4) is 0 Å². The fraction of sp³-hybridized carbons (Fsp3) is 0.700. The van der Waals surface area contributed by atoms with Crippen molar-refractivity contribution < 1.29 is 5.11 Å². The Bertz CT molecular complexity index is 281. The van der Waals surface area contributed by atoms with Crippen molar-refractivity contribution in [3.63, 3.8) is 0 Å². The first-order valence-corrected chi connectivity index (χ1v) is 5.01. The number of nitrogens with one attached hydrogen (secondary N) is 1. The highest BCUT2D eigenvalue weighted by molar-refractivity contribution is 5.16. The minimum atomic E-state index is 0.178. The number of aliphatic hydroxyl groups is 1. The summed E-state index contributed by atoms with van der Waals surface area (Å²) in [5.74, 6) is 0. The van der Waals surface area contributed by atoms with E-state index in [-0.39, 0.29) is 6.61 Å². The smallest absolute Gasteiger partial charge is 0.0556 e. The third-order valence-electron chi connectivity index (χ3n) is 2.24. The molecular weight excluding hydrogens is 178 g/mol. The molecule has 1 aromatic rings. The van der Waals surface area contributed by atoms with Crippen LogP contribution in [0, 0.1) is 6.92 Å². The van der Waals surface area contributed by atoms with Gasteiger partial charge < -0.3 is 10.4 Å². The fourth-order valence-corrected chi connectivity index (χ4v) is 1.46. The Labute approximate surface area is 84.9 Å². The minimum Gasteiger partial charge on any atom is -0.395 e. The fourth-order valence-electron chi connectivity index (χ4n) is 1.46. The molecule has 4 heteroatoms. The lowest BCUT2D eigenvalue weighted by Crippen LogP contribution is -2.18. The highest BCUT2D eigenvalue weighted by Gasteiger charge is 2.07. The lowest BCUT2D eigenvalue weighted by molar-refractivity contribution is 0.292. The van der Waals surface area contributed by atoms with Crippen molar-refractivity contribution >= 4 is 0 Å². The topological polar surface area (TPSA) is 50.1 Å². The summed E-state index contributed by atoms with van der Waals surface area (Å²) in [7, 11) is 0. The van der Waals surface area contributed by atoms with Crippen LogP contribution >= 0.6 is 0 Å². The largest absolute Gasteiger partial charge is 0.395 e. The SMILES string of the molecule is Cc1c(CNCCO)cnn1C(C)C. The second kappa shape index (κ2) is 5.12. The van der Waals surface area contributed by atoms with Gasteiger partial charge in [-0.2, -0.15) is 5.10 Å². The predicted octanol–water partition coefficient (Wildman–Crippen LogP) is 0.854. The van der Waals surface area contributed by atoms with Crippen LogP contribution in [0.2, 0.25) is 0 Å². The summed E-state index contributed by atoms with van der Waals surface area (Å²) >= 11 is 0. The van der Waals surface area contributed by atoms with Gasteiger partial charge in [0, 0.05) is 30.4 Å². The van der Waals surface area contributed by atoms with E-state index in [0.717, 1.165) is 6.54 Å². The van der Waals surface area contributed by atoms with Crippen molar-refractivity contribution in [3.05, 3.63) is 17.5 Å². The van der Waals surface area contributed by atoms with Gasteiger partial charge in [-0.3, -0.25) is 4.68 Å². The summed E-state index contributed by atoms with van der Waals surface area (Å²) in [4.78, 5) is 0. The highest BCUT2D eigenvalue weighted by Crippen LogP contribution is 2.12. The van der Waals surface area contributed by atoms with Crippen LogP contribution in [0.15, 0.2) is 6.20 Å². The lowest BCUT2D eigenvalue weighted by atomic mass is 10.2. The van der Waals surface area contributed by atoms with Gasteiger partial charge in [-0.15, -0.1) is 0 Å². The molecule has 0 fully saturated rings. The molecule has 0 aromatic carbocycles. The number of rotatable bonds is 5. The molecule has 1 heterocycles. The average molecular weight is 197 g/mol. The normalized spacial score (nSPS) is 11.2.